The number of carboxylic acid groups (broad SMARTS) is 1. The molecule has 0 saturated heterocycles. The summed E-state index contributed by atoms with van der Waals surface area (Å²) in [4.78, 5) is 23.6. The van der Waals surface area contributed by atoms with E-state index in [-0.39, 0.29) is 0 Å². The maximum atomic E-state index is 12.1. The number of unbranched alkanes of at least 4 members (excludes halogenated alkanes) is 2. The molecule has 0 radical (unpaired) electrons. The summed E-state index contributed by atoms with van der Waals surface area (Å²) in [7, 11) is 0. The van der Waals surface area contributed by atoms with Gasteiger partial charge in [0.05, 0.1) is 0 Å². The number of esters is 1. The second kappa shape index (κ2) is 6.89. The van der Waals surface area contributed by atoms with Crippen LogP contribution in [-0.2, 0) is 14.3 Å². The van der Waals surface area contributed by atoms with Gasteiger partial charge in [0, 0.05) is 6.04 Å². The molecule has 0 aromatic carbocycles. The average molecular weight is 273 g/mol. The Bertz CT molecular complexity index is 322. The number of aliphatic carboxylic acids is 1. The Morgan fingerprint density at radius 3 is 2.11 bits per heavy atom. The van der Waals surface area contributed by atoms with Gasteiger partial charge < -0.3 is 15.6 Å². The zero-order valence-electron chi connectivity index (χ0n) is 12.7. The molecule has 0 aliphatic carbocycles. The van der Waals surface area contributed by atoms with Crippen LogP contribution < -0.4 is 5.73 Å². The lowest BCUT2D eigenvalue weighted by Crippen LogP contribution is -2.53. The second-order valence-corrected chi connectivity index (χ2v) is 6.11. The van der Waals surface area contributed by atoms with E-state index in [0.717, 1.165) is 19.3 Å². The molecule has 0 rings (SSSR count). The van der Waals surface area contributed by atoms with E-state index in [1.807, 2.05) is 0 Å². The van der Waals surface area contributed by atoms with E-state index in [1.54, 1.807) is 20.8 Å². The molecule has 0 heterocycles. The quantitative estimate of drug-likeness (QED) is 0.422. The molecule has 0 fully saturated rings. The SMILES string of the molecule is CCCCC[C@H](N)[C@](C)(C(=O)O)C(=O)OC(C)(C)C. The first-order chi connectivity index (χ1) is 8.55. The fraction of sp³-hybridized carbons (Fsp3) is 0.857. The highest BCUT2D eigenvalue weighted by Gasteiger charge is 2.49. The van der Waals surface area contributed by atoms with Gasteiger partial charge in [-0.15, -0.1) is 0 Å². The summed E-state index contributed by atoms with van der Waals surface area (Å²) in [5, 5.41) is 9.35. The first-order valence-electron chi connectivity index (χ1n) is 6.78. The van der Waals surface area contributed by atoms with Gasteiger partial charge in [-0.2, -0.15) is 0 Å². The van der Waals surface area contributed by atoms with E-state index >= 15 is 0 Å². The van der Waals surface area contributed by atoms with Crippen molar-refractivity contribution in [2.75, 3.05) is 0 Å². The maximum absolute atomic E-state index is 12.1. The van der Waals surface area contributed by atoms with Gasteiger partial charge in [-0.3, -0.25) is 9.59 Å². The molecular weight excluding hydrogens is 246 g/mol. The van der Waals surface area contributed by atoms with Crippen LogP contribution in [0.5, 0.6) is 0 Å². The lowest BCUT2D eigenvalue weighted by molar-refractivity contribution is -0.177. The molecule has 0 amide bonds. The number of hydrogen-bond acceptors (Lipinski definition) is 4. The molecule has 2 atom stereocenters. The summed E-state index contributed by atoms with van der Waals surface area (Å²) in [6.07, 6.45) is 3.29. The third-order valence-corrected chi connectivity index (χ3v) is 3.13. The third kappa shape index (κ3) is 5.19. The van der Waals surface area contributed by atoms with Crippen LogP contribution in [0.3, 0.4) is 0 Å². The average Bonchev–Trinajstić information content (AvgIpc) is 2.25. The zero-order valence-corrected chi connectivity index (χ0v) is 12.7. The molecule has 0 aliphatic heterocycles. The number of ether oxygens (including phenoxy) is 1. The van der Waals surface area contributed by atoms with Gasteiger partial charge >= 0.3 is 11.9 Å². The van der Waals surface area contributed by atoms with Crippen LogP contribution in [0.1, 0.15) is 60.3 Å². The summed E-state index contributed by atoms with van der Waals surface area (Å²) < 4.78 is 5.19. The minimum absolute atomic E-state index is 0.496. The molecule has 0 aromatic heterocycles. The van der Waals surface area contributed by atoms with Crippen molar-refractivity contribution in [3.05, 3.63) is 0 Å². The van der Waals surface area contributed by atoms with Gasteiger partial charge in [0.25, 0.3) is 0 Å². The van der Waals surface area contributed by atoms with Crippen molar-refractivity contribution in [2.24, 2.45) is 11.1 Å². The smallest absolute Gasteiger partial charge is 0.325 e. The third-order valence-electron chi connectivity index (χ3n) is 3.13. The number of carboxylic acids is 1. The van der Waals surface area contributed by atoms with Gasteiger partial charge in [-0.25, -0.2) is 0 Å². The zero-order chi connectivity index (χ0) is 15.3. The lowest BCUT2D eigenvalue weighted by Gasteiger charge is -2.32. The lowest BCUT2D eigenvalue weighted by atomic mass is 9.80. The molecule has 0 spiro atoms. The highest BCUT2D eigenvalue weighted by molar-refractivity contribution is 5.99. The van der Waals surface area contributed by atoms with Gasteiger partial charge in [-0.05, 0) is 34.1 Å². The summed E-state index contributed by atoms with van der Waals surface area (Å²) in [6, 6.07) is -0.744. The van der Waals surface area contributed by atoms with Crippen molar-refractivity contribution in [3.8, 4) is 0 Å². The maximum Gasteiger partial charge on any atom is 0.325 e. The molecule has 112 valence electrons. The molecule has 19 heavy (non-hydrogen) atoms. The van der Waals surface area contributed by atoms with Gasteiger partial charge in [0.1, 0.15) is 5.60 Å². The standard InChI is InChI=1S/C14H27NO4/c1-6-7-8-9-10(15)14(5,11(16)17)12(18)19-13(2,3)4/h10H,6-9,15H2,1-5H3,(H,16,17)/t10-,14+/m0/s1. The minimum Gasteiger partial charge on any atom is -0.480 e. The van der Waals surface area contributed by atoms with E-state index in [4.69, 9.17) is 10.5 Å². The molecule has 0 bridgehead atoms. The van der Waals surface area contributed by atoms with E-state index in [9.17, 15) is 14.7 Å². The Morgan fingerprint density at radius 1 is 1.21 bits per heavy atom. The molecular formula is C14H27NO4. The van der Waals surface area contributed by atoms with Crippen LogP contribution in [0.25, 0.3) is 0 Å². The van der Waals surface area contributed by atoms with Crippen LogP contribution in [0.2, 0.25) is 0 Å². The fourth-order valence-electron chi connectivity index (χ4n) is 1.68. The van der Waals surface area contributed by atoms with E-state index in [1.165, 1.54) is 6.92 Å². The van der Waals surface area contributed by atoms with E-state index in [2.05, 4.69) is 6.92 Å². The second-order valence-electron chi connectivity index (χ2n) is 6.11. The summed E-state index contributed by atoms with van der Waals surface area (Å²) >= 11 is 0. The molecule has 0 aliphatic rings. The predicted octanol–water partition coefficient (Wildman–Crippen LogP) is 2.33. The molecule has 0 unspecified atom stereocenters. The Morgan fingerprint density at radius 2 is 1.74 bits per heavy atom. The fourth-order valence-corrected chi connectivity index (χ4v) is 1.68. The molecule has 5 heteroatoms. The molecule has 0 aromatic rings. The van der Waals surface area contributed by atoms with Crippen LogP contribution in [-0.4, -0.2) is 28.7 Å². The van der Waals surface area contributed by atoms with Crippen molar-refractivity contribution >= 4 is 11.9 Å². The number of carbonyl (C=O) groups excluding carboxylic acids is 1. The molecule has 3 N–H and O–H groups in total. The topological polar surface area (TPSA) is 89.6 Å². The highest BCUT2D eigenvalue weighted by Crippen LogP contribution is 2.28. The van der Waals surface area contributed by atoms with Crippen LogP contribution in [0, 0.1) is 5.41 Å². The van der Waals surface area contributed by atoms with Crippen molar-refractivity contribution in [2.45, 2.75) is 71.9 Å². The summed E-state index contributed by atoms with van der Waals surface area (Å²) in [6.45, 7) is 8.51. The normalized spacial score (nSPS) is 16.5. The summed E-state index contributed by atoms with van der Waals surface area (Å²) in [5.74, 6) is -2.00. The van der Waals surface area contributed by atoms with E-state index < -0.39 is 29.0 Å². The van der Waals surface area contributed by atoms with Crippen molar-refractivity contribution in [1.82, 2.24) is 0 Å². The first kappa shape index (κ1) is 17.9. The molecule has 5 nitrogen and oxygen atoms in total. The number of rotatable bonds is 7. The predicted molar refractivity (Wildman–Crippen MR) is 73.7 cm³/mol. The number of carbonyl (C=O) groups is 2. The highest BCUT2D eigenvalue weighted by atomic mass is 16.6. The Hall–Kier alpha value is -1.10. The minimum atomic E-state index is -1.69. The Kier molecular flexibility index (Phi) is 6.49. The van der Waals surface area contributed by atoms with Gasteiger partial charge in [-0.1, -0.05) is 26.2 Å². The van der Waals surface area contributed by atoms with Gasteiger partial charge in [0.15, 0.2) is 5.41 Å². The largest absolute Gasteiger partial charge is 0.480 e. The van der Waals surface area contributed by atoms with Crippen LogP contribution in [0.15, 0.2) is 0 Å². The van der Waals surface area contributed by atoms with Crippen molar-refractivity contribution in [1.29, 1.82) is 0 Å². The van der Waals surface area contributed by atoms with Crippen molar-refractivity contribution < 1.29 is 19.4 Å². The Labute approximate surface area is 115 Å². The van der Waals surface area contributed by atoms with Crippen molar-refractivity contribution in [3.63, 3.8) is 0 Å². The van der Waals surface area contributed by atoms with Crippen LogP contribution >= 0.6 is 0 Å². The Balaban J connectivity index is 4.93. The number of hydrogen-bond donors (Lipinski definition) is 2. The van der Waals surface area contributed by atoms with Gasteiger partial charge in [0.2, 0.25) is 0 Å². The van der Waals surface area contributed by atoms with E-state index in [0.29, 0.717) is 6.42 Å². The number of nitrogens with two attached hydrogens (primary N) is 1. The molecule has 0 saturated carbocycles. The monoisotopic (exact) mass is 273 g/mol. The van der Waals surface area contributed by atoms with Crippen LogP contribution in [0.4, 0.5) is 0 Å². The first-order valence-corrected chi connectivity index (χ1v) is 6.78. The summed E-state index contributed by atoms with van der Waals surface area (Å²) in [5.41, 5.74) is 3.51.